The van der Waals surface area contributed by atoms with Crippen LogP contribution in [-0.2, 0) is 11.3 Å². The molecule has 1 N–H and O–H groups in total. The molecule has 27 heavy (non-hydrogen) atoms. The number of likely N-dealkylation sites (N-methyl/N-ethyl adjacent to an activating group) is 1. The van der Waals surface area contributed by atoms with Crippen molar-refractivity contribution in [2.24, 2.45) is 0 Å². The Balaban J connectivity index is 1.66. The van der Waals surface area contributed by atoms with E-state index in [4.69, 9.17) is 11.6 Å². The van der Waals surface area contributed by atoms with Gasteiger partial charge in [0.05, 0.1) is 12.2 Å². The third-order valence-electron chi connectivity index (χ3n) is 4.89. The number of hydrogen-bond donors (Lipinski definition) is 1. The molecule has 0 saturated carbocycles. The van der Waals surface area contributed by atoms with Crippen LogP contribution in [0.4, 0.5) is 0 Å². The molecule has 1 fully saturated rings. The first-order valence-corrected chi connectivity index (χ1v) is 9.51. The number of nitrogens with one attached hydrogen (secondary N) is 1. The van der Waals surface area contributed by atoms with E-state index in [1.807, 2.05) is 53.9 Å². The lowest BCUT2D eigenvalue weighted by atomic mass is 10.1. The van der Waals surface area contributed by atoms with Gasteiger partial charge >= 0.3 is 0 Å². The first kappa shape index (κ1) is 19.6. The van der Waals surface area contributed by atoms with E-state index in [2.05, 4.69) is 22.5 Å². The number of aromatic nitrogens is 2. The molecule has 0 aliphatic carbocycles. The standard InChI is InChI=1S/C20H26ClN5O/c1-15-18(8-9-20(27)23-25-12-10-24(3)11-13-25)16(2)26(22-15)14-17-6-4-5-7-19(17)21/h4-9H,10-14H2,1-3H3,(H,23,27)/b9-8+. The lowest BCUT2D eigenvalue weighted by Crippen LogP contribution is -2.52. The lowest BCUT2D eigenvalue weighted by molar-refractivity contribution is -0.121. The van der Waals surface area contributed by atoms with Crippen molar-refractivity contribution in [3.63, 3.8) is 0 Å². The normalized spacial score (nSPS) is 16.1. The second-order valence-corrected chi connectivity index (χ2v) is 7.34. The van der Waals surface area contributed by atoms with Gasteiger partial charge in [-0.05, 0) is 38.6 Å². The maximum Gasteiger partial charge on any atom is 0.258 e. The number of hydrazine groups is 1. The molecule has 1 aromatic heterocycles. The van der Waals surface area contributed by atoms with Crippen molar-refractivity contribution >= 4 is 23.6 Å². The van der Waals surface area contributed by atoms with Crippen LogP contribution in [0.5, 0.6) is 0 Å². The maximum atomic E-state index is 12.2. The number of piperazine rings is 1. The highest BCUT2D eigenvalue weighted by molar-refractivity contribution is 6.31. The molecule has 0 atom stereocenters. The van der Waals surface area contributed by atoms with E-state index >= 15 is 0 Å². The van der Waals surface area contributed by atoms with Crippen LogP contribution in [0.25, 0.3) is 6.08 Å². The maximum absolute atomic E-state index is 12.2. The van der Waals surface area contributed by atoms with Crippen molar-refractivity contribution in [2.45, 2.75) is 20.4 Å². The molecule has 0 spiro atoms. The van der Waals surface area contributed by atoms with Crippen LogP contribution in [0.1, 0.15) is 22.5 Å². The first-order valence-electron chi connectivity index (χ1n) is 9.13. The largest absolute Gasteiger partial charge is 0.304 e. The minimum Gasteiger partial charge on any atom is -0.304 e. The fourth-order valence-corrected chi connectivity index (χ4v) is 3.36. The van der Waals surface area contributed by atoms with E-state index < -0.39 is 0 Å². The van der Waals surface area contributed by atoms with Gasteiger partial charge in [-0.25, -0.2) is 5.01 Å². The summed E-state index contributed by atoms with van der Waals surface area (Å²) < 4.78 is 1.93. The van der Waals surface area contributed by atoms with Crippen LogP contribution in [0.2, 0.25) is 5.02 Å². The number of carbonyl (C=O) groups excluding carboxylic acids is 1. The Hall–Kier alpha value is -2.15. The molecule has 1 saturated heterocycles. The lowest BCUT2D eigenvalue weighted by Gasteiger charge is -2.31. The summed E-state index contributed by atoms with van der Waals surface area (Å²) in [6.07, 6.45) is 3.42. The van der Waals surface area contributed by atoms with Crippen LogP contribution >= 0.6 is 11.6 Å². The monoisotopic (exact) mass is 387 g/mol. The van der Waals surface area contributed by atoms with Gasteiger partial charge < -0.3 is 4.90 Å². The number of aryl methyl sites for hydroxylation is 1. The summed E-state index contributed by atoms with van der Waals surface area (Å²) in [6.45, 7) is 8.15. The van der Waals surface area contributed by atoms with Gasteiger partial charge in [0.2, 0.25) is 0 Å². The van der Waals surface area contributed by atoms with Crippen molar-refractivity contribution in [2.75, 3.05) is 33.2 Å². The van der Waals surface area contributed by atoms with Crippen molar-refractivity contribution in [1.82, 2.24) is 25.1 Å². The second-order valence-electron chi connectivity index (χ2n) is 6.93. The summed E-state index contributed by atoms with van der Waals surface area (Å²) in [7, 11) is 2.09. The van der Waals surface area contributed by atoms with Gasteiger partial charge in [0.15, 0.2) is 0 Å². The summed E-state index contributed by atoms with van der Waals surface area (Å²) in [5, 5.41) is 7.30. The molecular weight excluding hydrogens is 362 g/mol. The van der Waals surface area contributed by atoms with Crippen molar-refractivity contribution in [3.05, 3.63) is 57.9 Å². The molecule has 0 unspecified atom stereocenters. The minimum atomic E-state index is -0.114. The topological polar surface area (TPSA) is 53.4 Å². The molecule has 1 amide bonds. The van der Waals surface area contributed by atoms with Crippen LogP contribution in [0, 0.1) is 13.8 Å². The Bertz CT molecular complexity index is 837. The van der Waals surface area contributed by atoms with Crippen molar-refractivity contribution in [3.8, 4) is 0 Å². The molecule has 3 rings (SSSR count). The molecule has 1 aliphatic heterocycles. The fourth-order valence-electron chi connectivity index (χ4n) is 3.16. The van der Waals surface area contributed by atoms with Crippen molar-refractivity contribution in [1.29, 1.82) is 0 Å². The quantitative estimate of drug-likeness (QED) is 0.801. The van der Waals surface area contributed by atoms with Gasteiger partial charge in [0.1, 0.15) is 0 Å². The smallest absolute Gasteiger partial charge is 0.258 e. The number of benzene rings is 1. The average Bonchev–Trinajstić information content (AvgIpc) is 2.90. The zero-order valence-corrected chi connectivity index (χ0v) is 16.8. The van der Waals surface area contributed by atoms with E-state index in [0.29, 0.717) is 6.54 Å². The molecule has 0 radical (unpaired) electrons. The fraction of sp³-hybridized carbons (Fsp3) is 0.400. The van der Waals surface area contributed by atoms with Crippen LogP contribution in [-0.4, -0.2) is 58.8 Å². The molecule has 6 nitrogen and oxygen atoms in total. The Labute approximate surface area is 165 Å². The Morgan fingerprint density at radius 2 is 1.93 bits per heavy atom. The molecule has 1 aliphatic rings. The van der Waals surface area contributed by atoms with E-state index in [1.54, 1.807) is 6.08 Å². The third kappa shape index (κ3) is 4.97. The highest BCUT2D eigenvalue weighted by Crippen LogP contribution is 2.20. The highest BCUT2D eigenvalue weighted by Gasteiger charge is 2.15. The molecule has 0 bridgehead atoms. The van der Waals surface area contributed by atoms with Gasteiger partial charge in [-0.1, -0.05) is 29.8 Å². The van der Waals surface area contributed by atoms with Gasteiger partial charge in [0.25, 0.3) is 5.91 Å². The molecule has 144 valence electrons. The van der Waals surface area contributed by atoms with Crippen LogP contribution in [0.3, 0.4) is 0 Å². The van der Waals surface area contributed by atoms with Gasteiger partial charge in [-0.3, -0.25) is 14.9 Å². The molecule has 2 aromatic rings. The van der Waals surface area contributed by atoms with E-state index in [1.165, 1.54) is 0 Å². The predicted molar refractivity (Wildman–Crippen MR) is 109 cm³/mol. The van der Waals surface area contributed by atoms with Crippen LogP contribution < -0.4 is 5.43 Å². The summed E-state index contributed by atoms with van der Waals surface area (Å²) in [4.78, 5) is 14.5. The Morgan fingerprint density at radius 1 is 1.22 bits per heavy atom. The van der Waals surface area contributed by atoms with Gasteiger partial charge in [0, 0.05) is 48.5 Å². The Kier molecular flexibility index (Phi) is 6.31. The number of hydrogen-bond acceptors (Lipinski definition) is 4. The molecular formula is C20H26ClN5O. The summed E-state index contributed by atoms with van der Waals surface area (Å²) >= 11 is 6.26. The number of nitrogens with zero attached hydrogens (tertiary/aromatic N) is 4. The molecule has 1 aromatic carbocycles. The number of amides is 1. The average molecular weight is 388 g/mol. The zero-order chi connectivity index (χ0) is 19.4. The third-order valence-corrected chi connectivity index (χ3v) is 5.26. The first-order chi connectivity index (χ1) is 12.9. The zero-order valence-electron chi connectivity index (χ0n) is 16.1. The number of rotatable bonds is 5. The van der Waals surface area contributed by atoms with Gasteiger partial charge in [-0.15, -0.1) is 0 Å². The highest BCUT2D eigenvalue weighted by atomic mass is 35.5. The summed E-state index contributed by atoms with van der Waals surface area (Å²) in [5.41, 5.74) is 6.83. The van der Waals surface area contributed by atoms with Crippen LogP contribution in [0.15, 0.2) is 30.3 Å². The van der Waals surface area contributed by atoms with Gasteiger partial charge in [-0.2, -0.15) is 5.10 Å². The van der Waals surface area contributed by atoms with E-state index in [0.717, 1.165) is 53.7 Å². The minimum absolute atomic E-state index is 0.114. The molecule has 2 heterocycles. The molecule has 7 heteroatoms. The predicted octanol–water partition coefficient (Wildman–Crippen LogP) is 2.49. The second kappa shape index (κ2) is 8.69. The Morgan fingerprint density at radius 3 is 2.63 bits per heavy atom. The number of carbonyl (C=O) groups is 1. The van der Waals surface area contributed by atoms with E-state index in [9.17, 15) is 4.79 Å². The number of halogens is 1. The summed E-state index contributed by atoms with van der Waals surface area (Å²) in [5.74, 6) is -0.114. The van der Waals surface area contributed by atoms with Crippen molar-refractivity contribution < 1.29 is 4.79 Å². The summed E-state index contributed by atoms with van der Waals surface area (Å²) in [6, 6.07) is 7.76. The van der Waals surface area contributed by atoms with E-state index in [-0.39, 0.29) is 5.91 Å². The SMILES string of the molecule is Cc1nn(Cc2ccccc2Cl)c(C)c1/C=C/C(=O)NN1CCN(C)CC1.